The Morgan fingerprint density at radius 1 is 1.13 bits per heavy atom. The summed E-state index contributed by atoms with van der Waals surface area (Å²) in [6.07, 6.45) is -3.67. The Labute approximate surface area is 218 Å². The van der Waals surface area contributed by atoms with Crippen LogP contribution < -0.4 is 20.7 Å². The van der Waals surface area contributed by atoms with Crippen molar-refractivity contribution < 1.29 is 36.6 Å². The molecule has 10 nitrogen and oxygen atoms in total. The average Bonchev–Trinajstić information content (AvgIpc) is 3.16. The van der Waals surface area contributed by atoms with Crippen molar-refractivity contribution in [3.63, 3.8) is 0 Å². The van der Waals surface area contributed by atoms with Crippen LogP contribution in [0.3, 0.4) is 0 Å². The Hall–Kier alpha value is -4.01. The zero-order valence-corrected chi connectivity index (χ0v) is 21.5. The number of ether oxygens (including phenoxy) is 2. The first-order valence-corrected chi connectivity index (χ1v) is 11.8. The molecule has 38 heavy (non-hydrogen) atoms. The summed E-state index contributed by atoms with van der Waals surface area (Å²) in [4.78, 5) is 31.5. The molecule has 3 rings (SSSR count). The van der Waals surface area contributed by atoms with Gasteiger partial charge < -0.3 is 25.4 Å². The highest BCUT2D eigenvalue weighted by Crippen LogP contribution is 2.31. The van der Waals surface area contributed by atoms with Gasteiger partial charge in [-0.1, -0.05) is 0 Å². The van der Waals surface area contributed by atoms with Gasteiger partial charge in [-0.2, -0.15) is 17.5 Å². The molecule has 0 spiro atoms. The number of benzene rings is 1. The zero-order valence-electron chi connectivity index (χ0n) is 20.7. The number of alkyl halides is 3. The lowest BCUT2D eigenvalue weighted by Crippen LogP contribution is -2.34. The van der Waals surface area contributed by atoms with E-state index in [1.807, 2.05) is 0 Å². The number of carbonyl (C=O) groups is 2. The van der Waals surface area contributed by atoms with Gasteiger partial charge in [0.2, 0.25) is 0 Å². The number of hydrogen-bond donors (Lipinski definition) is 3. The SMILES string of the molecule is Cc1nsc(Nc2cncc(C(F)(F)F)n2)c1C(=O)Nc1ccc(OCCNC(=O)OC(C)(C)C)c(F)c1. The third-order valence-corrected chi connectivity index (χ3v) is 5.33. The Morgan fingerprint density at radius 2 is 1.87 bits per heavy atom. The summed E-state index contributed by atoms with van der Waals surface area (Å²) in [5.41, 5.74) is -1.41. The van der Waals surface area contributed by atoms with Crippen LogP contribution in [0.25, 0.3) is 0 Å². The predicted octanol–water partition coefficient (Wildman–Crippen LogP) is 5.30. The fourth-order valence-corrected chi connectivity index (χ4v) is 3.72. The first-order chi connectivity index (χ1) is 17.7. The third kappa shape index (κ3) is 7.99. The van der Waals surface area contributed by atoms with E-state index in [1.165, 1.54) is 19.1 Å². The maximum Gasteiger partial charge on any atom is 0.434 e. The molecule has 2 heterocycles. The Bertz CT molecular complexity index is 1310. The number of nitrogens with one attached hydrogen (secondary N) is 3. The summed E-state index contributed by atoms with van der Waals surface area (Å²) in [5.74, 6) is -1.77. The fourth-order valence-electron chi connectivity index (χ4n) is 2.92. The monoisotopic (exact) mass is 556 g/mol. The highest BCUT2D eigenvalue weighted by molar-refractivity contribution is 7.10. The molecule has 2 amide bonds. The molecule has 0 aliphatic rings. The molecule has 3 aromatic rings. The predicted molar refractivity (Wildman–Crippen MR) is 131 cm³/mol. The first-order valence-electron chi connectivity index (χ1n) is 11.1. The topological polar surface area (TPSA) is 127 Å². The van der Waals surface area contributed by atoms with Gasteiger partial charge in [-0.25, -0.2) is 14.2 Å². The van der Waals surface area contributed by atoms with Gasteiger partial charge >= 0.3 is 12.3 Å². The molecule has 0 bridgehead atoms. The number of halogens is 4. The Balaban J connectivity index is 1.62. The van der Waals surface area contributed by atoms with E-state index in [2.05, 4.69) is 30.3 Å². The second-order valence-electron chi connectivity index (χ2n) is 8.76. The van der Waals surface area contributed by atoms with Crippen LogP contribution in [0.15, 0.2) is 30.6 Å². The van der Waals surface area contributed by atoms with Crippen molar-refractivity contribution in [2.75, 3.05) is 23.8 Å². The molecular formula is C23H24F4N6O4S. The minimum absolute atomic E-state index is 0.0326. The first kappa shape index (κ1) is 28.6. The van der Waals surface area contributed by atoms with Crippen molar-refractivity contribution in [3.8, 4) is 5.75 Å². The number of anilines is 3. The smallest absolute Gasteiger partial charge is 0.434 e. The number of rotatable bonds is 8. The number of alkyl carbamates (subject to hydrolysis) is 1. The Kier molecular flexibility index (Phi) is 8.70. The van der Waals surface area contributed by atoms with Gasteiger partial charge in [0.25, 0.3) is 5.91 Å². The molecule has 0 aliphatic heterocycles. The fraction of sp³-hybridized carbons (Fsp3) is 0.348. The normalized spacial score (nSPS) is 11.6. The van der Waals surface area contributed by atoms with Gasteiger partial charge in [-0.15, -0.1) is 0 Å². The van der Waals surface area contributed by atoms with E-state index in [0.717, 1.165) is 23.8 Å². The molecule has 0 atom stereocenters. The third-order valence-electron chi connectivity index (χ3n) is 4.47. The van der Waals surface area contributed by atoms with Crippen molar-refractivity contribution in [2.24, 2.45) is 0 Å². The molecule has 0 aliphatic carbocycles. The van der Waals surface area contributed by atoms with Crippen LogP contribution in [-0.4, -0.2) is 45.1 Å². The van der Waals surface area contributed by atoms with E-state index < -0.39 is 35.3 Å². The van der Waals surface area contributed by atoms with Crippen LogP contribution in [0, 0.1) is 12.7 Å². The molecule has 3 N–H and O–H groups in total. The molecule has 204 valence electrons. The van der Waals surface area contributed by atoms with Crippen molar-refractivity contribution in [1.82, 2.24) is 19.7 Å². The van der Waals surface area contributed by atoms with Crippen molar-refractivity contribution in [2.45, 2.75) is 39.5 Å². The van der Waals surface area contributed by atoms with Gasteiger partial charge in [0, 0.05) is 11.8 Å². The van der Waals surface area contributed by atoms with E-state index >= 15 is 0 Å². The number of carbonyl (C=O) groups excluding carboxylic acids is 2. The quantitative estimate of drug-likeness (QED) is 0.252. The number of aryl methyl sites for hydroxylation is 1. The van der Waals surface area contributed by atoms with Crippen LogP contribution in [0.1, 0.15) is 42.5 Å². The van der Waals surface area contributed by atoms with Gasteiger partial charge in [0.15, 0.2) is 17.3 Å². The van der Waals surface area contributed by atoms with Crippen molar-refractivity contribution >= 4 is 40.0 Å². The lowest BCUT2D eigenvalue weighted by atomic mass is 10.2. The molecule has 0 radical (unpaired) electrons. The molecule has 0 saturated heterocycles. The molecule has 0 unspecified atom stereocenters. The summed E-state index contributed by atoms with van der Waals surface area (Å²) in [5, 5.41) is 7.76. The molecule has 15 heteroatoms. The molecular weight excluding hydrogens is 532 g/mol. The summed E-state index contributed by atoms with van der Waals surface area (Å²) < 4.78 is 67.8. The summed E-state index contributed by atoms with van der Waals surface area (Å²) >= 11 is 0.841. The van der Waals surface area contributed by atoms with Crippen molar-refractivity contribution in [3.05, 3.63) is 53.4 Å². The van der Waals surface area contributed by atoms with E-state index in [1.54, 1.807) is 20.8 Å². The molecule has 0 fully saturated rings. The van der Waals surface area contributed by atoms with Crippen LogP contribution >= 0.6 is 11.5 Å². The number of hydrogen-bond acceptors (Lipinski definition) is 9. The Morgan fingerprint density at radius 3 is 2.53 bits per heavy atom. The van der Waals surface area contributed by atoms with Crippen LogP contribution in [0.4, 0.5) is 38.9 Å². The maximum atomic E-state index is 14.5. The van der Waals surface area contributed by atoms with Crippen LogP contribution in [0.5, 0.6) is 5.75 Å². The minimum atomic E-state index is -4.69. The van der Waals surface area contributed by atoms with E-state index in [9.17, 15) is 27.2 Å². The highest BCUT2D eigenvalue weighted by Gasteiger charge is 2.33. The number of aromatic nitrogens is 3. The lowest BCUT2D eigenvalue weighted by Gasteiger charge is -2.19. The van der Waals surface area contributed by atoms with E-state index in [-0.39, 0.29) is 41.0 Å². The standard InChI is InChI=1S/C23H24F4N6O4S/c1-12-18(20(38-33-12)32-17-11-28-10-16(31-17)23(25,26)27)19(34)30-13-5-6-15(14(24)9-13)36-8-7-29-21(35)37-22(2,3)4/h5-6,9-11H,7-8H2,1-4H3,(H,29,35)(H,30,34)(H,31,32). The average molecular weight is 557 g/mol. The lowest BCUT2D eigenvalue weighted by molar-refractivity contribution is -0.141. The molecule has 2 aromatic heterocycles. The second kappa shape index (κ2) is 11.6. The molecule has 0 saturated carbocycles. The van der Waals surface area contributed by atoms with E-state index in [4.69, 9.17) is 9.47 Å². The zero-order chi connectivity index (χ0) is 28.1. The number of nitrogens with zero attached hydrogens (tertiary/aromatic N) is 3. The van der Waals surface area contributed by atoms with Crippen LogP contribution in [-0.2, 0) is 10.9 Å². The molecule has 1 aromatic carbocycles. The van der Waals surface area contributed by atoms with Crippen molar-refractivity contribution in [1.29, 1.82) is 0 Å². The second-order valence-corrected chi connectivity index (χ2v) is 9.53. The van der Waals surface area contributed by atoms with Crippen LogP contribution in [0.2, 0.25) is 0 Å². The van der Waals surface area contributed by atoms with Gasteiger partial charge in [0.05, 0.1) is 30.2 Å². The van der Waals surface area contributed by atoms with Gasteiger partial charge in [-0.05, 0) is 51.4 Å². The highest BCUT2D eigenvalue weighted by atomic mass is 32.1. The summed E-state index contributed by atoms with van der Waals surface area (Å²) in [6, 6.07) is 3.74. The van der Waals surface area contributed by atoms with E-state index in [0.29, 0.717) is 11.9 Å². The minimum Gasteiger partial charge on any atom is -0.489 e. The largest absolute Gasteiger partial charge is 0.489 e. The van der Waals surface area contributed by atoms with Gasteiger partial charge in [-0.3, -0.25) is 9.78 Å². The summed E-state index contributed by atoms with van der Waals surface area (Å²) in [6.45, 7) is 6.74. The maximum absolute atomic E-state index is 14.5. The summed E-state index contributed by atoms with van der Waals surface area (Å²) in [7, 11) is 0. The van der Waals surface area contributed by atoms with Gasteiger partial charge in [0.1, 0.15) is 23.0 Å². The number of amides is 2.